The van der Waals surface area contributed by atoms with E-state index in [2.05, 4.69) is 40.7 Å². The monoisotopic (exact) mass is 838 g/mol. The van der Waals surface area contributed by atoms with Crippen LogP contribution in [0.2, 0.25) is 0 Å². The van der Waals surface area contributed by atoms with Crippen LogP contribution in [0.5, 0.6) is 5.88 Å². The molecular formula is C46H62N8O7. The van der Waals surface area contributed by atoms with Gasteiger partial charge >= 0.3 is 0 Å². The molecule has 5 heterocycles. The molecule has 2 aromatic heterocycles. The standard InChI is InChI=1S/C25H35N5O3.C21H27N3O4/c1-20(21-6-4-3-5-7-21)16-23(31)29-10-8-25(33,9-11-29)18-30-19-26-22(17-24(30)32)28-14-12-27(2)13-15-28;1-16(17-6-4-3-5-7-17)12-19(25)23-10-8-21(27,9-11-23)14-24-15-22-18(28-2)13-20(24)26/h3-7,17,19-20,33H,8-16,18H2,1-2H3;3-7,13,15-16,27H,8-12,14H2,1-2H3/t20-;16-/m11/s1. The summed E-state index contributed by atoms with van der Waals surface area (Å²) < 4.78 is 7.82. The second-order valence-electron chi connectivity index (χ2n) is 17.1. The zero-order valence-corrected chi connectivity index (χ0v) is 36.1. The largest absolute Gasteiger partial charge is 0.481 e. The molecule has 2 amide bonds. The Hall–Kier alpha value is -5.38. The van der Waals surface area contributed by atoms with Crippen molar-refractivity contribution < 1.29 is 24.5 Å². The first-order chi connectivity index (χ1) is 29.2. The fraction of sp³-hybridized carbons (Fsp3) is 0.522. The SMILES string of the molecule is COc1cc(=O)n(CC2(O)CCN(C(=O)C[C@@H](C)c3ccccc3)CC2)cn1.C[C@H](CC(=O)N1CCC(O)(Cn2cnc(N3CCN(C)CC3)cc2=O)CC1)c1ccccc1. The maximum Gasteiger partial charge on any atom is 0.257 e. The van der Waals surface area contributed by atoms with Crippen molar-refractivity contribution in [3.05, 3.63) is 117 Å². The van der Waals surface area contributed by atoms with Gasteiger partial charge in [0.1, 0.15) is 12.1 Å². The maximum atomic E-state index is 12.8. The fourth-order valence-corrected chi connectivity index (χ4v) is 8.26. The second kappa shape index (κ2) is 20.5. The number of ether oxygens (including phenoxy) is 1. The van der Waals surface area contributed by atoms with Gasteiger partial charge in [-0.15, -0.1) is 0 Å². The molecule has 0 spiro atoms. The lowest BCUT2D eigenvalue weighted by Gasteiger charge is -2.39. The summed E-state index contributed by atoms with van der Waals surface area (Å²) in [4.78, 5) is 66.8. The lowest BCUT2D eigenvalue weighted by Crippen LogP contribution is -2.50. The molecule has 0 saturated carbocycles. The van der Waals surface area contributed by atoms with Crippen LogP contribution in [-0.2, 0) is 22.7 Å². The van der Waals surface area contributed by atoms with Crippen LogP contribution in [0.4, 0.5) is 5.82 Å². The number of hydrogen-bond donors (Lipinski definition) is 2. The molecule has 15 heteroatoms. The number of piperazine rings is 1. The third-order valence-electron chi connectivity index (χ3n) is 12.5. The van der Waals surface area contributed by atoms with E-state index >= 15 is 0 Å². The van der Waals surface area contributed by atoms with Crippen LogP contribution in [0.15, 0.2) is 95.0 Å². The lowest BCUT2D eigenvalue weighted by molar-refractivity contribution is -0.137. The highest BCUT2D eigenvalue weighted by atomic mass is 16.5. The van der Waals surface area contributed by atoms with Crippen molar-refractivity contribution >= 4 is 17.6 Å². The van der Waals surface area contributed by atoms with Crippen molar-refractivity contribution in [3.63, 3.8) is 0 Å². The molecule has 2 atom stereocenters. The molecule has 3 aliphatic rings. The van der Waals surface area contributed by atoms with Crippen LogP contribution in [0.1, 0.15) is 75.3 Å². The van der Waals surface area contributed by atoms with Crippen molar-refractivity contribution in [1.82, 2.24) is 33.8 Å². The molecule has 15 nitrogen and oxygen atoms in total. The summed E-state index contributed by atoms with van der Waals surface area (Å²) >= 11 is 0. The molecule has 0 radical (unpaired) electrons. The summed E-state index contributed by atoms with van der Waals surface area (Å²) in [6.07, 6.45) is 5.60. The summed E-state index contributed by atoms with van der Waals surface area (Å²) in [5.74, 6) is 1.47. The number of rotatable bonds is 12. The smallest absolute Gasteiger partial charge is 0.257 e. The average molecular weight is 839 g/mol. The zero-order valence-electron chi connectivity index (χ0n) is 36.1. The number of aromatic nitrogens is 4. The predicted molar refractivity (Wildman–Crippen MR) is 234 cm³/mol. The third kappa shape index (κ3) is 12.4. The Morgan fingerprint density at radius 2 is 1.08 bits per heavy atom. The van der Waals surface area contributed by atoms with Crippen LogP contribution in [-0.4, -0.2) is 134 Å². The van der Waals surface area contributed by atoms with E-state index in [-0.39, 0.29) is 53.7 Å². The molecule has 4 aromatic rings. The summed E-state index contributed by atoms with van der Waals surface area (Å²) in [6.45, 7) is 10.0. The Morgan fingerprint density at radius 3 is 1.49 bits per heavy atom. The first-order valence-electron chi connectivity index (χ1n) is 21.4. The Morgan fingerprint density at radius 1 is 0.656 bits per heavy atom. The van der Waals surface area contributed by atoms with E-state index in [0.29, 0.717) is 70.5 Å². The van der Waals surface area contributed by atoms with Gasteiger partial charge in [-0.3, -0.25) is 28.3 Å². The highest BCUT2D eigenvalue weighted by molar-refractivity contribution is 5.77. The van der Waals surface area contributed by atoms with Crippen LogP contribution in [0.3, 0.4) is 0 Å². The average Bonchev–Trinajstić information content (AvgIpc) is 3.26. The summed E-state index contributed by atoms with van der Waals surface area (Å²) in [5, 5.41) is 22.0. The number of methoxy groups -OCH3 is 1. The zero-order chi connectivity index (χ0) is 43.6. The molecule has 7 rings (SSSR count). The van der Waals surface area contributed by atoms with E-state index in [1.807, 2.05) is 70.5 Å². The van der Waals surface area contributed by atoms with Crippen molar-refractivity contribution in [2.24, 2.45) is 0 Å². The molecule has 2 N–H and O–H groups in total. The van der Waals surface area contributed by atoms with Gasteiger partial charge in [0.25, 0.3) is 11.1 Å². The number of amides is 2. The number of piperidine rings is 2. The minimum Gasteiger partial charge on any atom is -0.481 e. The Labute approximate surface area is 358 Å². The van der Waals surface area contributed by atoms with E-state index in [0.717, 1.165) is 37.3 Å². The van der Waals surface area contributed by atoms with Gasteiger partial charge in [0, 0.05) is 71.3 Å². The van der Waals surface area contributed by atoms with Crippen LogP contribution in [0, 0.1) is 0 Å². The molecule has 0 bridgehead atoms. The number of carbonyl (C=O) groups is 2. The van der Waals surface area contributed by atoms with Crippen molar-refractivity contribution in [2.45, 2.75) is 88.5 Å². The highest BCUT2D eigenvalue weighted by Crippen LogP contribution is 2.28. The normalized spacial score (nSPS) is 18.7. The number of likely N-dealkylation sites (N-methyl/N-ethyl adjacent to an activating group) is 1. The molecule has 2 aromatic carbocycles. The Kier molecular flexibility index (Phi) is 15.1. The molecule has 3 saturated heterocycles. The highest BCUT2D eigenvalue weighted by Gasteiger charge is 2.36. The second-order valence-corrected chi connectivity index (χ2v) is 17.1. The number of anilines is 1. The van der Waals surface area contributed by atoms with E-state index in [1.165, 1.54) is 28.6 Å². The number of carbonyl (C=O) groups excluding carboxylic acids is 2. The van der Waals surface area contributed by atoms with Crippen molar-refractivity contribution in [2.75, 3.05) is 71.4 Å². The first-order valence-corrected chi connectivity index (χ1v) is 21.4. The van der Waals surface area contributed by atoms with Gasteiger partial charge in [-0.05, 0) is 55.7 Å². The van der Waals surface area contributed by atoms with Gasteiger partial charge < -0.3 is 34.5 Å². The van der Waals surface area contributed by atoms with E-state index < -0.39 is 11.2 Å². The number of aliphatic hydroxyl groups is 2. The maximum absolute atomic E-state index is 12.8. The van der Waals surface area contributed by atoms with Crippen molar-refractivity contribution in [1.29, 1.82) is 0 Å². The first kappa shape index (κ1) is 45.2. The summed E-state index contributed by atoms with van der Waals surface area (Å²) in [6, 6.07) is 22.9. The predicted octanol–water partition coefficient (Wildman–Crippen LogP) is 3.34. The molecular weight excluding hydrogens is 777 g/mol. The minimum atomic E-state index is -1.03. The number of benzene rings is 2. The molecule has 328 valence electrons. The number of hydrogen-bond acceptors (Lipinski definition) is 11. The van der Waals surface area contributed by atoms with Crippen molar-refractivity contribution in [3.8, 4) is 5.88 Å². The van der Waals surface area contributed by atoms with E-state index in [9.17, 15) is 29.4 Å². The van der Waals surface area contributed by atoms with Gasteiger partial charge in [-0.2, -0.15) is 0 Å². The molecule has 0 unspecified atom stereocenters. The van der Waals surface area contributed by atoms with Gasteiger partial charge in [0.2, 0.25) is 17.7 Å². The molecule has 3 aliphatic heterocycles. The van der Waals surface area contributed by atoms with Gasteiger partial charge in [0.15, 0.2) is 0 Å². The van der Waals surface area contributed by atoms with E-state index in [4.69, 9.17) is 4.74 Å². The molecule has 3 fully saturated rings. The van der Waals surface area contributed by atoms with Crippen LogP contribution >= 0.6 is 0 Å². The molecule has 0 aliphatic carbocycles. The van der Waals surface area contributed by atoms with Crippen LogP contribution < -0.4 is 20.8 Å². The lowest BCUT2D eigenvalue weighted by atomic mass is 9.90. The van der Waals surface area contributed by atoms with Gasteiger partial charge in [-0.25, -0.2) is 9.97 Å². The minimum absolute atomic E-state index is 0.0988. The van der Waals surface area contributed by atoms with Gasteiger partial charge in [-0.1, -0.05) is 74.5 Å². The van der Waals surface area contributed by atoms with Crippen LogP contribution in [0.25, 0.3) is 0 Å². The fourth-order valence-electron chi connectivity index (χ4n) is 8.26. The Balaban J connectivity index is 0.000000207. The summed E-state index contributed by atoms with van der Waals surface area (Å²) in [5.41, 5.74) is -0.148. The third-order valence-corrected chi connectivity index (χ3v) is 12.5. The quantitative estimate of drug-likeness (QED) is 0.215. The topological polar surface area (TPSA) is 167 Å². The van der Waals surface area contributed by atoms with E-state index in [1.54, 1.807) is 12.4 Å². The molecule has 61 heavy (non-hydrogen) atoms. The summed E-state index contributed by atoms with van der Waals surface area (Å²) in [7, 11) is 3.54. The number of likely N-dealkylation sites (tertiary alicyclic amines) is 2. The number of nitrogens with zero attached hydrogens (tertiary/aromatic N) is 8. The van der Waals surface area contributed by atoms with Gasteiger partial charge in [0.05, 0.1) is 43.8 Å². The Bertz CT molecular complexity index is 2160.